The van der Waals surface area contributed by atoms with Crippen molar-refractivity contribution in [2.45, 2.75) is 18.9 Å². The van der Waals surface area contributed by atoms with Gasteiger partial charge in [0.2, 0.25) is 5.88 Å². The number of fused-ring (bicyclic) bond motifs is 1. The molecule has 7 nitrogen and oxygen atoms in total. The van der Waals surface area contributed by atoms with Gasteiger partial charge in [-0.1, -0.05) is 6.07 Å². The summed E-state index contributed by atoms with van der Waals surface area (Å²) in [4.78, 5) is 12.5. The van der Waals surface area contributed by atoms with Crippen LogP contribution in [-0.4, -0.2) is 48.4 Å². The third-order valence-corrected chi connectivity index (χ3v) is 5.83. The van der Waals surface area contributed by atoms with Crippen molar-refractivity contribution in [1.82, 2.24) is 20.3 Å². The maximum atomic E-state index is 6.08. The van der Waals surface area contributed by atoms with Crippen LogP contribution in [0.1, 0.15) is 12.8 Å². The highest BCUT2D eigenvalue weighted by molar-refractivity contribution is 5.97. The fraction of sp³-hybridized carbons (Fsp3) is 0.280. The van der Waals surface area contributed by atoms with E-state index in [0.717, 1.165) is 70.7 Å². The van der Waals surface area contributed by atoms with Gasteiger partial charge in [-0.15, -0.1) is 0 Å². The number of rotatable bonds is 6. The summed E-state index contributed by atoms with van der Waals surface area (Å²) in [7, 11) is 3.34. The number of nitrogens with one attached hydrogen (secondary N) is 2. The normalized spacial score (nSPS) is 16.1. The van der Waals surface area contributed by atoms with Crippen molar-refractivity contribution in [1.29, 1.82) is 0 Å². The van der Waals surface area contributed by atoms with Crippen LogP contribution in [-0.2, 0) is 0 Å². The van der Waals surface area contributed by atoms with Gasteiger partial charge in [-0.05, 0) is 55.3 Å². The lowest BCUT2D eigenvalue weighted by atomic mass is 10.0. The van der Waals surface area contributed by atoms with Crippen LogP contribution in [0, 0.1) is 0 Å². The number of nitrogens with zero attached hydrogens (tertiary/aromatic N) is 2. The Labute approximate surface area is 186 Å². The third-order valence-electron chi connectivity index (χ3n) is 5.83. The van der Waals surface area contributed by atoms with Gasteiger partial charge in [-0.2, -0.15) is 0 Å². The predicted octanol–water partition coefficient (Wildman–Crippen LogP) is 4.44. The van der Waals surface area contributed by atoms with E-state index in [4.69, 9.17) is 19.2 Å². The Kier molecular flexibility index (Phi) is 5.64. The quantitative estimate of drug-likeness (QED) is 0.471. The molecule has 0 spiro atoms. The Balaban J connectivity index is 1.52. The summed E-state index contributed by atoms with van der Waals surface area (Å²) in [5.41, 5.74) is 4.77. The van der Waals surface area contributed by atoms with Crippen molar-refractivity contribution in [3.63, 3.8) is 0 Å². The highest BCUT2D eigenvalue weighted by Gasteiger charge is 2.17. The van der Waals surface area contributed by atoms with E-state index >= 15 is 0 Å². The minimum atomic E-state index is 0.128. The van der Waals surface area contributed by atoms with Gasteiger partial charge in [-0.25, -0.2) is 4.98 Å². The smallest absolute Gasteiger partial charge is 0.233 e. The number of hydrogen-bond acceptors (Lipinski definition) is 6. The lowest BCUT2D eigenvalue weighted by Crippen LogP contribution is -2.37. The molecule has 5 rings (SSSR count). The maximum absolute atomic E-state index is 6.08. The van der Waals surface area contributed by atoms with Crippen LogP contribution in [0.25, 0.3) is 33.3 Å². The van der Waals surface area contributed by atoms with Crippen molar-refractivity contribution in [3.05, 3.63) is 55.0 Å². The summed E-state index contributed by atoms with van der Waals surface area (Å²) < 4.78 is 17.1. The van der Waals surface area contributed by atoms with Crippen LogP contribution >= 0.6 is 0 Å². The molecule has 1 aliphatic rings. The fourth-order valence-corrected chi connectivity index (χ4v) is 4.17. The molecule has 1 saturated heterocycles. The molecule has 32 heavy (non-hydrogen) atoms. The molecule has 0 unspecified atom stereocenters. The molecule has 2 aromatic heterocycles. The van der Waals surface area contributed by atoms with Gasteiger partial charge < -0.3 is 24.5 Å². The number of aromatic amines is 1. The second-order valence-corrected chi connectivity index (χ2v) is 7.86. The molecule has 0 aliphatic carbocycles. The Bertz CT molecular complexity index is 1230. The van der Waals surface area contributed by atoms with Crippen molar-refractivity contribution in [3.8, 4) is 39.8 Å². The van der Waals surface area contributed by atoms with Gasteiger partial charge in [0, 0.05) is 34.8 Å². The lowest BCUT2D eigenvalue weighted by Gasteiger charge is -2.23. The second-order valence-electron chi connectivity index (χ2n) is 7.86. The molecule has 3 heterocycles. The summed E-state index contributed by atoms with van der Waals surface area (Å²) in [6, 6.07) is 12.1. The van der Waals surface area contributed by atoms with E-state index in [1.165, 1.54) is 0 Å². The maximum Gasteiger partial charge on any atom is 0.233 e. The van der Waals surface area contributed by atoms with E-state index < -0.39 is 0 Å². The summed E-state index contributed by atoms with van der Waals surface area (Å²) in [6.07, 6.45) is 7.68. The van der Waals surface area contributed by atoms with Crippen molar-refractivity contribution in [2.24, 2.45) is 0 Å². The van der Waals surface area contributed by atoms with E-state index in [-0.39, 0.29) is 6.10 Å². The van der Waals surface area contributed by atoms with Crippen LogP contribution in [0.15, 0.2) is 55.0 Å². The highest BCUT2D eigenvalue weighted by atomic mass is 16.5. The van der Waals surface area contributed by atoms with Crippen molar-refractivity contribution < 1.29 is 14.2 Å². The molecule has 1 atom stereocenters. The highest BCUT2D eigenvalue weighted by Crippen LogP contribution is 2.37. The van der Waals surface area contributed by atoms with Crippen molar-refractivity contribution >= 4 is 10.9 Å². The van der Waals surface area contributed by atoms with Crippen LogP contribution in [0.4, 0.5) is 0 Å². The van der Waals surface area contributed by atoms with Crippen molar-refractivity contribution in [2.75, 3.05) is 27.3 Å². The number of hydrogen-bond donors (Lipinski definition) is 2. The number of benzene rings is 2. The van der Waals surface area contributed by atoms with E-state index in [1.807, 2.05) is 24.4 Å². The topological polar surface area (TPSA) is 81.3 Å². The van der Waals surface area contributed by atoms with Crippen LogP contribution in [0.3, 0.4) is 0 Å². The average Bonchev–Trinajstić information content (AvgIpc) is 3.28. The number of H-pyrrole nitrogens is 1. The van der Waals surface area contributed by atoms with E-state index in [9.17, 15) is 0 Å². The molecule has 2 N–H and O–H groups in total. The Morgan fingerprint density at radius 1 is 1.00 bits per heavy atom. The Morgan fingerprint density at radius 3 is 2.75 bits per heavy atom. The first-order chi connectivity index (χ1) is 15.7. The van der Waals surface area contributed by atoms with Gasteiger partial charge in [0.15, 0.2) is 0 Å². The zero-order valence-electron chi connectivity index (χ0n) is 18.2. The second kappa shape index (κ2) is 8.88. The SMILES string of the molecule is COc1ccc(OC)c(-c2ccc3[nH]cc(-c4cncc(O[C@@H]5CCCNC5)n4)c3c2)c1. The summed E-state index contributed by atoms with van der Waals surface area (Å²) in [5, 5.41) is 4.42. The Hall–Kier alpha value is -3.58. The van der Waals surface area contributed by atoms with Crippen LogP contribution in [0.2, 0.25) is 0 Å². The third kappa shape index (κ3) is 3.99. The first-order valence-corrected chi connectivity index (χ1v) is 10.8. The molecule has 7 heteroatoms. The lowest BCUT2D eigenvalue weighted by molar-refractivity contribution is 0.160. The zero-order valence-corrected chi connectivity index (χ0v) is 18.2. The minimum Gasteiger partial charge on any atom is -0.497 e. The first kappa shape index (κ1) is 20.3. The van der Waals surface area contributed by atoms with Gasteiger partial charge in [-0.3, -0.25) is 4.98 Å². The molecular weight excluding hydrogens is 404 g/mol. The van der Waals surface area contributed by atoms with Gasteiger partial charge in [0.1, 0.15) is 17.6 Å². The predicted molar refractivity (Wildman–Crippen MR) is 124 cm³/mol. The monoisotopic (exact) mass is 430 g/mol. The molecule has 0 radical (unpaired) electrons. The van der Waals surface area contributed by atoms with Gasteiger partial charge in [0.05, 0.1) is 32.3 Å². The fourth-order valence-electron chi connectivity index (χ4n) is 4.17. The standard InChI is InChI=1S/C25H26N4O3/c1-30-17-6-8-24(31-2)19(11-17)16-5-7-22-20(10-16)21(13-28-22)23-14-27-15-25(29-23)32-18-4-3-9-26-12-18/h5-8,10-11,13-15,18,26,28H,3-4,9,12H2,1-2H3/t18-/m1/s1. The number of piperidine rings is 1. The molecule has 164 valence electrons. The largest absolute Gasteiger partial charge is 0.497 e. The molecule has 1 aliphatic heterocycles. The van der Waals surface area contributed by atoms with Crippen LogP contribution in [0.5, 0.6) is 17.4 Å². The number of ether oxygens (including phenoxy) is 3. The molecule has 0 bridgehead atoms. The summed E-state index contributed by atoms with van der Waals surface area (Å²) in [5.74, 6) is 2.12. The van der Waals surface area contributed by atoms with E-state index in [1.54, 1.807) is 26.6 Å². The molecule has 2 aromatic carbocycles. The van der Waals surface area contributed by atoms with Gasteiger partial charge >= 0.3 is 0 Å². The summed E-state index contributed by atoms with van der Waals surface area (Å²) >= 11 is 0. The van der Waals surface area contributed by atoms with Gasteiger partial charge in [0.25, 0.3) is 0 Å². The van der Waals surface area contributed by atoms with E-state index in [0.29, 0.717) is 5.88 Å². The Morgan fingerprint density at radius 2 is 1.94 bits per heavy atom. The average molecular weight is 431 g/mol. The molecular formula is C25H26N4O3. The minimum absolute atomic E-state index is 0.128. The number of aromatic nitrogens is 3. The number of methoxy groups -OCH3 is 2. The molecule has 4 aromatic rings. The molecule has 1 fully saturated rings. The first-order valence-electron chi connectivity index (χ1n) is 10.8. The van der Waals surface area contributed by atoms with Crippen LogP contribution < -0.4 is 19.5 Å². The van der Waals surface area contributed by atoms with E-state index in [2.05, 4.69) is 33.5 Å². The summed E-state index contributed by atoms with van der Waals surface area (Å²) in [6.45, 7) is 1.88. The molecule has 0 saturated carbocycles. The zero-order chi connectivity index (χ0) is 21.9. The molecule has 0 amide bonds.